The van der Waals surface area contributed by atoms with Crippen LogP contribution in [-0.2, 0) is 16.1 Å². The van der Waals surface area contributed by atoms with E-state index in [2.05, 4.69) is 46.7 Å². The van der Waals surface area contributed by atoms with Crippen LogP contribution in [0.1, 0.15) is 45.7 Å². The van der Waals surface area contributed by atoms with Crippen LogP contribution >= 0.6 is 11.3 Å². The molecule has 2 aliphatic heterocycles. The molecule has 0 radical (unpaired) electrons. The summed E-state index contributed by atoms with van der Waals surface area (Å²) in [6.07, 6.45) is 3.52. The van der Waals surface area contributed by atoms with Gasteiger partial charge in [0, 0.05) is 31.4 Å². The Hall–Kier alpha value is -1.02. The molecule has 2 N–H and O–H groups in total. The van der Waals surface area contributed by atoms with Gasteiger partial charge in [0.2, 0.25) is 5.91 Å². The minimum Gasteiger partial charge on any atom is -0.373 e. The molecule has 0 aromatic carbocycles. The highest BCUT2D eigenvalue weighted by atomic mass is 32.1. The fourth-order valence-corrected chi connectivity index (χ4v) is 4.79. The van der Waals surface area contributed by atoms with Gasteiger partial charge in [0.25, 0.3) is 0 Å². The topological polar surface area (TPSA) is 66.5 Å². The van der Waals surface area contributed by atoms with Crippen LogP contribution in [-0.4, -0.2) is 54.2 Å². The van der Waals surface area contributed by atoms with Crippen LogP contribution < -0.4 is 10.6 Å². The summed E-state index contributed by atoms with van der Waals surface area (Å²) < 4.78 is 5.78. The number of morpholine rings is 1. The molecule has 146 valence electrons. The third kappa shape index (κ3) is 5.74. The molecule has 1 aromatic rings. The fraction of sp³-hybridized carbons (Fsp3) is 0.789. The highest BCUT2D eigenvalue weighted by Gasteiger charge is 2.24. The van der Waals surface area contributed by atoms with Gasteiger partial charge >= 0.3 is 0 Å². The Bertz CT molecular complexity index is 578. The summed E-state index contributed by atoms with van der Waals surface area (Å²) in [5, 5.41) is 9.19. The van der Waals surface area contributed by atoms with Gasteiger partial charge in [0.1, 0.15) is 0 Å². The predicted octanol–water partition coefficient (Wildman–Crippen LogP) is 2.72. The van der Waals surface area contributed by atoms with E-state index in [0.717, 1.165) is 38.4 Å². The first-order chi connectivity index (χ1) is 12.5. The van der Waals surface area contributed by atoms with Gasteiger partial charge in [-0.3, -0.25) is 9.69 Å². The van der Waals surface area contributed by atoms with E-state index in [1.807, 2.05) is 0 Å². The smallest absolute Gasteiger partial charge is 0.226 e. The summed E-state index contributed by atoms with van der Waals surface area (Å²) in [5.41, 5.74) is 1.02. The van der Waals surface area contributed by atoms with Crippen molar-refractivity contribution in [3.63, 3.8) is 0 Å². The predicted molar refractivity (Wildman–Crippen MR) is 105 cm³/mol. The van der Waals surface area contributed by atoms with E-state index in [9.17, 15) is 4.79 Å². The highest BCUT2D eigenvalue weighted by molar-refractivity contribution is 7.13. The molecule has 26 heavy (non-hydrogen) atoms. The summed E-state index contributed by atoms with van der Waals surface area (Å²) in [5.74, 6) is 1.09. The molecule has 4 unspecified atom stereocenters. The van der Waals surface area contributed by atoms with Crippen LogP contribution in [0, 0.1) is 11.8 Å². The number of thiazole rings is 1. The van der Waals surface area contributed by atoms with Crippen LogP contribution in [0.5, 0.6) is 0 Å². The molecule has 2 aliphatic rings. The van der Waals surface area contributed by atoms with Crippen molar-refractivity contribution in [3.8, 4) is 0 Å². The lowest BCUT2D eigenvalue weighted by molar-refractivity contribution is -0.117. The molecule has 4 atom stereocenters. The summed E-state index contributed by atoms with van der Waals surface area (Å²) in [6, 6.07) is 0. The summed E-state index contributed by atoms with van der Waals surface area (Å²) >= 11 is 1.52. The number of ether oxygens (including phenoxy) is 1. The SMILES string of the molecule is CC1CN(Cc2csc(NC(=O)CC(C)C3CCCNC3)n2)CC(C)O1. The maximum Gasteiger partial charge on any atom is 0.226 e. The molecule has 0 spiro atoms. The molecule has 0 aliphatic carbocycles. The van der Waals surface area contributed by atoms with Crippen molar-refractivity contribution >= 4 is 22.4 Å². The first-order valence-corrected chi connectivity index (χ1v) is 10.7. The van der Waals surface area contributed by atoms with Crippen LogP contribution in [0.2, 0.25) is 0 Å². The normalized spacial score (nSPS) is 28.7. The van der Waals surface area contributed by atoms with Crippen molar-refractivity contribution in [2.75, 3.05) is 31.5 Å². The Balaban J connectivity index is 1.46. The van der Waals surface area contributed by atoms with Crippen molar-refractivity contribution in [3.05, 3.63) is 11.1 Å². The molecule has 2 saturated heterocycles. The van der Waals surface area contributed by atoms with E-state index in [-0.39, 0.29) is 18.1 Å². The second kappa shape index (κ2) is 9.26. The summed E-state index contributed by atoms with van der Waals surface area (Å²) in [7, 11) is 0. The van der Waals surface area contributed by atoms with Crippen LogP contribution in [0.4, 0.5) is 5.13 Å². The molecule has 3 heterocycles. The van der Waals surface area contributed by atoms with Crippen molar-refractivity contribution in [2.45, 2.75) is 58.8 Å². The van der Waals surface area contributed by atoms with E-state index in [4.69, 9.17) is 4.74 Å². The maximum absolute atomic E-state index is 12.4. The maximum atomic E-state index is 12.4. The summed E-state index contributed by atoms with van der Waals surface area (Å²) in [4.78, 5) is 19.3. The van der Waals surface area contributed by atoms with E-state index in [1.165, 1.54) is 24.2 Å². The van der Waals surface area contributed by atoms with E-state index < -0.39 is 0 Å². The Labute approximate surface area is 160 Å². The molecular weight excluding hydrogens is 348 g/mol. The van der Waals surface area contributed by atoms with Gasteiger partial charge in [-0.1, -0.05) is 6.92 Å². The Kier molecular flexibility index (Phi) is 7.03. The molecule has 1 aromatic heterocycles. The van der Waals surface area contributed by atoms with Crippen molar-refractivity contribution in [2.24, 2.45) is 11.8 Å². The molecule has 0 bridgehead atoms. The number of carbonyl (C=O) groups excluding carboxylic acids is 1. The minimum atomic E-state index is 0.0811. The monoisotopic (exact) mass is 380 g/mol. The number of nitrogens with one attached hydrogen (secondary N) is 2. The number of anilines is 1. The van der Waals surface area contributed by atoms with Gasteiger partial charge in [0.15, 0.2) is 5.13 Å². The van der Waals surface area contributed by atoms with Crippen LogP contribution in [0.3, 0.4) is 0 Å². The lowest BCUT2D eigenvalue weighted by Gasteiger charge is -2.34. The average Bonchev–Trinajstić information content (AvgIpc) is 3.01. The Morgan fingerprint density at radius 1 is 1.46 bits per heavy atom. The van der Waals surface area contributed by atoms with E-state index >= 15 is 0 Å². The standard InChI is InChI=1S/C19H32N4O2S/c1-13(16-5-4-6-20-8-16)7-18(24)22-19-21-17(12-26-19)11-23-9-14(2)25-15(3)10-23/h12-16,20H,4-11H2,1-3H3,(H,21,22,24). The molecule has 3 rings (SSSR count). The van der Waals surface area contributed by atoms with Crippen molar-refractivity contribution < 1.29 is 9.53 Å². The van der Waals surface area contributed by atoms with E-state index in [0.29, 0.717) is 23.4 Å². The largest absolute Gasteiger partial charge is 0.373 e. The molecule has 7 heteroatoms. The van der Waals surface area contributed by atoms with Gasteiger partial charge in [-0.2, -0.15) is 0 Å². The summed E-state index contributed by atoms with van der Waals surface area (Å²) in [6.45, 7) is 11.2. The number of hydrogen-bond acceptors (Lipinski definition) is 6. The lowest BCUT2D eigenvalue weighted by Crippen LogP contribution is -2.44. The number of amides is 1. The fourth-order valence-electron chi connectivity index (χ4n) is 4.07. The molecular formula is C19H32N4O2S. The zero-order valence-electron chi connectivity index (χ0n) is 16.2. The number of carbonyl (C=O) groups is 1. The van der Waals surface area contributed by atoms with Crippen LogP contribution in [0.15, 0.2) is 5.38 Å². The van der Waals surface area contributed by atoms with Gasteiger partial charge in [0.05, 0.1) is 17.9 Å². The van der Waals surface area contributed by atoms with E-state index in [1.54, 1.807) is 0 Å². The average molecular weight is 381 g/mol. The third-order valence-electron chi connectivity index (χ3n) is 5.33. The van der Waals surface area contributed by atoms with Crippen LogP contribution in [0.25, 0.3) is 0 Å². The molecule has 1 amide bonds. The Morgan fingerprint density at radius 2 is 2.23 bits per heavy atom. The lowest BCUT2D eigenvalue weighted by atomic mass is 9.85. The first kappa shape index (κ1) is 19.7. The quantitative estimate of drug-likeness (QED) is 0.794. The van der Waals surface area contributed by atoms with Crippen molar-refractivity contribution in [1.82, 2.24) is 15.2 Å². The number of hydrogen-bond donors (Lipinski definition) is 2. The number of aromatic nitrogens is 1. The van der Waals surface area contributed by atoms with Gasteiger partial charge in [-0.25, -0.2) is 4.98 Å². The molecule has 2 fully saturated rings. The molecule has 6 nitrogen and oxygen atoms in total. The third-order valence-corrected chi connectivity index (χ3v) is 6.13. The number of nitrogens with zero attached hydrogens (tertiary/aromatic N) is 2. The van der Waals surface area contributed by atoms with Gasteiger partial charge in [-0.05, 0) is 51.6 Å². The number of rotatable bonds is 6. The first-order valence-electron chi connectivity index (χ1n) is 9.82. The second-order valence-electron chi connectivity index (χ2n) is 7.93. The Morgan fingerprint density at radius 3 is 2.92 bits per heavy atom. The van der Waals surface area contributed by atoms with Gasteiger partial charge < -0.3 is 15.4 Å². The molecule has 0 saturated carbocycles. The number of piperidine rings is 1. The highest BCUT2D eigenvalue weighted by Crippen LogP contribution is 2.24. The van der Waals surface area contributed by atoms with Gasteiger partial charge in [-0.15, -0.1) is 11.3 Å². The zero-order valence-corrected chi connectivity index (χ0v) is 17.0. The second-order valence-corrected chi connectivity index (χ2v) is 8.79. The zero-order chi connectivity index (χ0) is 18.5. The van der Waals surface area contributed by atoms with Crippen molar-refractivity contribution in [1.29, 1.82) is 0 Å². The minimum absolute atomic E-state index is 0.0811.